The molecular weight excluding hydrogens is 323 g/mol. The lowest BCUT2D eigenvalue weighted by molar-refractivity contribution is 0.0986. The second-order valence-electron chi connectivity index (χ2n) is 4.75. The first-order valence-electron chi connectivity index (χ1n) is 6.45. The van der Waals surface area contributed by atoms with Crippen molar-refractivity contribution in [3.8, 4) is 0 Å². The summed E-state index contributed by atoms with van der Waals surface area (Å²) in [4.78, 5) is 12.3. The van der Waals surface area contributed by atoms with Gasteiger partial charge in [-0.2, -0.15) is 5.10 Å². The number of Topliss-reactive ketones (excluding diaryl/α,β-unsaturated/α-hetero) is 1. The fourth-order valence-electron chi connectivity index (χ4n) is 2.14. The molecule has 0 saturated heterocycles. The van der Waals surface area contributed by atoms with Crippen LogP contribution in [0, 0.1) is 19.7 Å². The monoisotopic (exact) mass is 338 g/mol. The summed E-state index contributed by atoms with van der Waals surface area (Å²) in [5.41, 5.74) is 2.63. The molecule has 0 atom stereocenters. The number of carbonyl (C=O) groups excluding carboxylic acids is 1. The summed E-state index contributed by atoms with van der Waals surface area (Å²) in [6.07, 6.45) is 0.135. The molecule has 1 aromatic carbocycles. The number of ketones is 1. The number of nitrogens with zero attached hydrogens (tertiary/aromatic N) is 2. The van der Waals surface area contributed by atoms with E-state index in [1.165, 1.54) is 6.07 Å². The number of rotatable bonds is 4. The SMILES string of the molecule is CCn1nc(C)c(Br)c1CC(=O)c1cc(C)ccc1F. The van der Waals surface area contributed by atoms with E-state index < -0.39 is 5.82 Å². The van der Waals surface area contributed by atoms with Gasteiger partial charge in [0.2, 0.25) is 0 Å². The van der Waals surface area contributed by atoms with E-state index in [1.54, 1.807) is 16.8 Å². The quantitative estimate of drug-likeness (QED) is 0.793. The molecule has 0 aliphatic carbocycles. The van der Waals surface area contributed by atoms with Crippen LogP contribution in [-0.4, -0.2) is 15.6 Å². The van der Waals surface area contributed by atoms with E-state index in [0.29, 0.717) is 6.54 Å². The van der Waals surface area contributed by atoms with Crippen LogP contribution in [-0.2, 0) is 13.0 Å². The van der Waals surface area contributed by atoms with Gasteiger partial charge < -0.3 is 0 Å². The van der Waals surface area contributed by atoms with Crippen LogP contribution in [0.3, 0.4) is 0 Å². The predicted octanol–water partition coefficient (Wildman–Crippen LogP) is 3.85. The van der Waals surface area contributed by atoms with Crippen LogP contribution in [0.5, 0.6) is 0 Å². The molecule has 0 spiro atoms. The van der Waals surface area contributed by atoms with Crippen LogP contribution in [0.15, 0.2) is 22.7 Å². The van der Waals surface area contributed by atoms with Crippen molar-refractivity contribution >= 4 is 21.7 Å². The van der Waals surface area contributed by atoms with Crippen molar-refractivity contribution in [2.45, 2.75) is 33.7 Å². The van der Waals surface area contributed by atoms with Gasteiger partial charge in [-0.05, 0) is 48.8 Å². The van der Waals surface area contributed by atoms with Gasteiger partial charge in [0.1, 0.15) is 5.82 Å². The van der Waals surface area contributed by atoms with Gasteiger partial charge in [0.15, 0.2) is 5.78 Å². The lowest BCUT2D eigenvalue weighted by atomic mass is 10.0. The maximum absolute atomic E-state index is 13.8. The van der Waals surface area contributed by atoms with E-state index in [4.69, 9.17) is 0 Å². The number of carbonyl (C=O) groups is 1. The summed E-state index contributed by atoms with van der Waals surface area (Å²) in [7, 11) is 0. The third-order valence-corrected chi connectivity index (χ3v) is 4.23. The summed E-state index contributed by atoms with van der Waals surface area (Å²) in [6, 6.07) is 4.58. The topological polar surface area (TPSA) is 34.9 Å². The Morgan fingerprint density at radius 1 is 1.40 bits per heavy atom. The van der Waals surface area contributed by atoms with E-state index in [9.17, 15) is 9.18 Å². The molecule has 2 aromatic rings. The first kappa shape index (κ1) is 14.9. The first-order valence-corrected chi connectivity index (χ1v) is 7.24. The Hall–Kier alpha value is -1.49. The van der Waals surface area contributed by atoms with Crippen molar-refractivity contribution in [3.05, 3.63) is 51.0 Å². The zero-order valence-corrected chi connectivity index (χ0v) is 13.3. The highest BCUT2D eigenvalue weighted by Crippen LogP contribution is 2.23. The van der Waals surface area contributed by atoms with Gasteiger partial charge in [-0.25, -0.2) is 4.39 Å². The van der Waals surface area contributed by atoms with E-state index in [0.717, 1.165) is 21.4 Å². The van der Waals surface area contributed by atoms with Crippen LogP contribution >= 0.6 is 15.9 Å². The minimum atomic E-state index is -0.476. The van der Waals surface area contributed by atoms with Crippen molar-refractivity contribution in [3.63, 3.8) is 0 Å². The molecule has 0 aliphatic heterocycles. The van der Waals surface area contributed by atoms with Crippen LogP contribution < -0.4 is 0 Å². The smallest absolute Gasteiger partial charge is 0.171 e. The molecule has 106 valence electrons. The van der Waals surface area contributed by atoms with Gasteiger partial charge in [-0.1, -0.05) is 11.6 Å². The third kappa shape index (κ3) is 2.82. The number of hydrogen-bond acceptors (Lipinski definition) is 2. The summed E-state index contributed by atoms with van der Waals surface area (Å²) < 4.78 is 16.3. The summed E-state index contributed by atoms with van der Waals surface area (Å²) >= 11 is 3.45. The largest absolute Gasteiger partial charge is 0.294 e. The van der Waals surface area contributed by atoms with Crippen molar-refractivity contribution in [2.75, 3.05) is 0 Å². The minimum Gasteiger partial charge on any atom is -0.294 e. The van der Waals surface area contributed by atoms with Crippen molar-refractivity contribution in [1.29, 1.82) is 0 Å². The average molecular weight is 339 g/mol. The molecule has 0 radical (unpaired) electrons. The Balaban J connectivity index is 2.35. The van der Waals surface area contributed by atoms with Crippen LogP contribution in [0.2, 0.25) is 0 Å². The maximum Gasteiger partial charge on any atom is 0.171 e. The molecule has 0 bridgehead atoms. The van der Waals surface area contributed by atoms with E-state index in [1.807, 2.05) is 20.8 Å². The third-order valence-electron chi connectivity index (χ3n) is 3.20. The van der Waals surface area contributed by atoms with E-state index in [-0.39, 0.29) is 17.8 Å². The van der Waals surface area contributed by atoms with E-state index in [2.05, 4.69) is 21.0 Å². The number of benzene rings is 1. The van der Waals surface area contributed by atoms with Gasteiger partial charge in [0.25, 0.3) is 0 Å². The van der Waals surface area contributed by atoms with Gasteiger partial charge in [-0.15, -0.1) is 0 Å². The van der Waals surface area contributed by atoms with E-state index >= 15 is 0 Å². The highest BCUT2D eigenvalue weighted by molar-refractivity contribution is 9.10. The van der Waals surface area contributed by atoms with Crippen LogP contribution in [0.4, 0.5) is 4.39 Å². The highest BCUT2D eigenvalue weighted by atomic mass is 79.9. The Labute approximate surface area is 125 Å². The van der Waals surface area contributed by atoms with Gasteiger partial charge in [0, 0.05) is 6.54 Å². The number of aromatic nitrogens is 2. The Morgan fingerprint density at radius 2 is 2.10 bits per heavy atom. The van der Waals surface area contributed by atoms with Crippen LogP contribution in [0.1, 0.15) is 34.2 Å². The van der Waals surface area contributed by atoms with Crippen molar-refractivity contribution in [1.82, 2.24) is 9.78 Å². The van der Waals surface area contributed by atoms with Crippen molar-refractivity contribution < 1.29 is 9.18 Å². The molecule has 0 unspecified atom stereocenters. The minimum absolute atomic E-state index is 0.135. The first-order chi connectivity index (χ1) is 9.43. The fourth-order valence-corrected chi connectivity index (χ4v) is 2.56. The summed E-state index contributed by atoms with van der Waals surface area (Å²) in [6.45, 7) is 6.34. The molecule has 3 nitrogen and oxygen atoms in total. The Kier molecular flexibility index (Phi) is 4.38. The average Bonchev–Trinajstić information content (AvgIpc) is 2.69. The molecule has 0 fully saturated rings. The molecule has 2 rings (SSSR count). The second-order valence-corrected chi connectivity index (χ2v) is 5.54. The predicted molar refractivity (Wildman–Crippen MR) is 79.5 cm³/mol. The van der Waals surface area contributed by atoms with Gasteiger partial charge in [-0.3, -0.25) is 9.48 Å². The standard InChI is InChI=1S/C15H16BrFN2O/c1-4-19-13(15(16)10(3)18-19)8-14(20)11-7-9(2)5-6-12(11)17/h5-7H,4,8H2,1-3H3. The fraction of sp³-hybridized carbons (Fsp3) is 0.333. The molecule has 0 amide bonds. The Morgan fingerprint density at radius 3 is 2.75 bits per heavy atom. The molecule has 0 aliphatic rings. The number of hydrogen-bond donors (Lipinski definition) is 0. The highest BCUT2D eigenvalue weighted by Gasteiger charge is 2.18. The zero-order chi connectivity index (χ0) is 14.9. The van der Waals surface area contributed by atoms with Gasteiger partial charge in [0.05, 0.1) is 27.8 Å². The molecule has 1 aromatic heterocycles. The molecular formula is C15H16BrFN2O. The summed E-state index contributed by atoms with van der Waals surface area (Å²) in [5.74, 6) is -0.711. The second kappa shape index (κ2) is 5.87. The van der Waals surface area contributed by atoms with Gasteiger partial charge >= 0.3 is 0 Å². The maximum atomic E-state index is 13.8. The van der Waals surface area contributed by atoms with Crippen molar-refractivity contribution in [2.24, 2.45) is 0 Å². The van der Waals surface area contributed by atoms with Crippen LogP contribution in [0.25, 0.3) is 0 Å². The molecule has 0 N–H and O–H groups in total. The Bertz CT molecular complexity index is 664. The lowest BCUT2D eigenvalue weighted by Gasteiger charge is -2.07. The number of aryl methyl sites for hydroxylation is 3. The number of halogens is 2. The molecule has 20 heavy (non-hydrogen) atoms. The lowest BCUT2D eigenvalue weighted by Crippen LogP contribution is -2.11. The molecule has 0 saturated carbocycles. The molecule has 5 heteroatoms. The normalized spacial score (nSPS) is 10.8. The molecule has 1 heterocycles. The summed E-state index contributed by atoms with van der Waals surface area (Å²) in [5, 5.41) is 4.34. The zero-order valence-electron chi connectivity index (χ0n) is 11.7.